The molecule has 2 fully saturated rings. The van der Waals surface area contributed by atoms with Crippen LogP contribution in [-0.2, 0) is 17.8 Å². The molecule has 210 valence electrons. The molecule has 3 heterocycles. The van der Waals surface area contributed by atoms with Gasteiger partial charge in [0.05, 0.1) is 0 Å². The molecule has 5 rings (SSSR count). The van der Waals surface area contributed by atoms with E-state index in [1.54, 1.807) is 24.3 Å². The predicted molar refractivity (Wildman–Crippen MR) is 129 cm³/mol. The Morgan fingerprint density at radius 3 is 2.67 bits per heavy atom. The smallest absolute Gasteiger partial charge is 0.408 e. The molecule has 0 spiro atoms. The first-order valence-electron chi connectivity index (χ1n) is 12.9. The summed E-state index contributed by atoms with van der Waals surface area (Å²) in [6, 6.07) is 3.81. The second kappa shape index (κ2) is 10.2. The molecule has 0 radical (unpaired) electrons. The Balaban J connectivity index is 1.39. The summed E-state index contributed by atoms with van der Waals surface area (Å²) in [6.07, 6.45) is -3.58. The molecule has 3 atom stereocenters. The van der Waals surface area contributed by atoms with Gasteiger partial charge in [0.25, 0.3) is 5.91 Å². The number of benzene rings is 1. The van der Waals surface area contributed by atoms with Crippen molar-refractivity contribution >= 4 is 22.9 Å². The number of hydrogen-bond acceptors (Lipinski definition) is 5. The number of carbonyl (C=O) groups is 2. The van der Waals surface area contributed by atoms with Crippen LogP contribution in [0.25, 0.3) is 11.1 Å². The number of amides is 2. The number of halogens is 5. The molecule has 1 aliphatic heterocycles. The number of nitrogens with zero attached hydrogens (tertiary/aromatic N) is 3. The Morgan fingerprint density at radius 2 is 2.00 bits per heavy atom. The number of oxazole rings is 1. The highest BCUT2D eigenvalue weighted by molar-refractivity contribution is 5.92. The van der Waals surface area contributed by atoms with E-state index in [9.17, 15) is 31.5 Å². The third-order valence-electron chi connectivity index (χ3n) is 7.59. The summed E-state index contributed by atoms with van der Waals surface area (Å²) in [6.45, 7) is 2.30. The van der Waals surface area contributed by atoms with Crippen molar-refractivity contribution in [2.45, 2.75) is 76.2 Å². The second-order valence-corrected chi connectivity index (χ2v) is 10.3. The summed E-state index contributed by atoms with van der Waals surface area (Å²) >= 11 is 0. The number of aromatic nitrogens is 3. The van der Waals surface area contributed by atoms with Gasteiger partial charge in [0, 0.05) is 31.5 Å². The normalized spacial score (nSPS) is 22.7. The fourth-order valence-corrected chi connectivity index (χ4v) is 5.44. The fraction of sp³-hybridized carbons (Fsp3) is 0.538. The first-order valence-corrected chi connectivity index (χ1v) is 12.9. The summed E-state index contributed by atoms with van der Waals surface area (Å²) in [4.78, 5) is 29.8. The summed E-state index contributed by atoms with van der Waals surface area (Å²) in [5.74, 6) is -4.88. The van der Waals surface area contributed by atoms with E-state index < -0.39 is 41.9 Å². The molecule has 13 heteroatoms. The van der Waals surface area contributed by atoms with Gasteiger partial charge in [-0.2, -0.15) is 18.3 Å². The minimum absolute atomic E-state index is 0.0927. The van der Waals surface area contributed by atoms with Gasteiger partial charge in [0.15, 0.2) is 5.58 Å². The molecular formula is C26H28F5N5O3. The van der Waals surface area contributed by atoms with Crippen molar-refractivity contribution in [1.29, 1.82) is 0 Å². The van der Waals surface area contributed by atoms with Gasteiger partial charge >= 0.3 is 6.18 Å². The number of carbonyl (C=O) groups excluding carboxylic acids is 2. The topological polar surface area (TPSA) is 102 Å². The number of hydrogen-bond donors (Lipinski definition) is 2. The van der Waals surface area contributed by atoms with Crippen LogP contribution in [0.2, 0.25) is 0 Å². The van der Waals surface area contributed by atoms with Gasteiger partial charge in [-0.05, 0) is 62.3 Å². The summed E-state index contributed by atoms with van der Waals surface area (Å²) in [7, 11) is 0. The zero-order chi connectivity index (χ0) is 27.9. The number of nitrogens with one attached hydrogen (secondary N) is 2. The van der Waals surface area contributed by atoms with E-state index in [1.807, 2.05) is 12.2 Å². The monoisotopic (exact) mass is 553 g/mol. The van der Waals surface area contributed by atoms with Crippen molar-refractivity contribution < 1.29 is 36.0 Å². The first kappa shape index (κ1) is 27.1. The maximum atomic E-state index is 13.9. The van der Waals surface area contributed by atoms with E-state index in [-0.39, 0.29) is 50.3 Å². The number of rotatable bonds is 7. The molecule has 1 saturated heterocycles. The maximum Gasteiger partial charge on any atom is 0.408 e. The van der Waals surface area contributed by atoms with Crippen molar-refractivity contribution in [3.8, 4) is 0 Å². The van der Waals surface area contributed by atoms with E-state index in [0.717, 1.165) is 0 Å². The van der Waals surface area contributed by atoms with E-state index in [2.05, 4.69) is 15.4 Å². The van der Waals surface area contributed by atoms with Crippen LogP contribution in [-0.4, -0.2) is 44.7 Å². The van der Waals surface area contributed by atoms with Gasteiger partial charge in [-0.3, -0.25) is 14.3 Å². The molecule has 1 aromatic carbocycles. The molecular weight excluding hydrogens is 525 g/mol. The van der Waals surface area contributed by atoms with Crippen LogP contribution in [0.3, 0.4) is 0 Å². The third-order valence-corrected chi connectivity index (χ3v) is 7.59. The summed E-state index contributed by atoms with van der Waals surface area (Å²) < 4.78 is 74.4. The molecule has 3 aromatic rings. The minimum atomic E-state index is -4.51. The van der Waals surface area contributed by atoms with Crippen LogP contribution in [0.1, 0.15) is 67.0 Å². The zero-order valence-corrected chi connectivity index (χ0v) is 21.1. The van der Waals surface area contributed by atoms with Crippen LogP contribution >= 0.6 is 0 Å². The van der Waals surface area contributed by atoms with Crippen molar-refractivity contribution in [2.24, 2.45) is 11.8 Å². The summed E-state index contributed by atoms with van der Waals surface area (Å²) in [5.41, 5.74) is 1.69. The Kier molecular flexibility index (Phi) is 7.10. The van der Waals surface area contributed by atoms with E-state index in [4.69, 9.17) is 4.42 Å². The van der Waals surface area contributed by atoms with Crippen molar-refractivity contribution in [3.05, 3.63) is 47.6 Å². The predicted octanol–water partition coefficient (Wildman–Crippen LogP) is 4.95. The molecule has 0 bridgehead atoms. The van der Waals surface area contributed by atoms with Crippen LogP contribution < -0.4 is 10.6 Å². The van der Waals surface area contributed by atoms with Gasteiger partial charge in [-0.25, -0.2) is 13.8 Å². The minimum Gasteiger partial charge on any atom is -0.438 e. The maximum absolute atomic E-state index is 13.9. The van der Waals surface area contributed by atoms with E-state index in [1.165, 1.54) is 10.9 Å². The standard InChI is InChI=1S/C26H28F5N5O3/c1-2-36-18(7-10-32-36)23(38)35-21(15-5-8-25(27,28)9-6-15)24-33-17-12-14(3-4-19(17)39-24)11-16-13-20(26(29,30)31)34-22(16)37/h3-4,7,10,12,15-16,20-21H,2,5-6,8-9,11,13H2,1H3,(H,34,37)(H,35,38). The number of aryl methyl sites for hydroxylation is 1. The van der Waals surface area contributed by atoms with Gasteiger partial charge < -0.3 is 15.1 Å². The molecule has 2 aromatic heterocycles. The average molecular weight is 554 g/mol. The van der Waals surface area contributed by atoms with Crippen LogP contribution in [0.4, 0.5) is 22.0 Å². The van der Waals surface area contributed by atoms with Crippen LogP contribution in [0.5, 0.6) is 0 Å². The molecule has 2 amide bonds. The molecule has 39 heavy (non-hydrogen) atoms. The summed E-state index contributed by atoms with van der Waals surface area (Å²) in [5, 5.41) is 9.01. The number of fused-ring (bicyclic) bond motifs is 1. The lowest BCUT2D eigenvalue weighted by Crippen LogP contribution is -2.38. The van der Waals surface area contributed by atoms with Gasteiger partial charge in [-0.15, -0.1) is 0 Å². The largest absolute Gasteiger partial charge is 0.438 e. The van der Waals surface area contributed by atoms with Gasteiger partial charge in [0.1, 0.15) is 23.3 Å². The Hall–Kier alpha value is -3.51. The molecule has 3 unspecified atom stereocenters. The Morgan fingerprint density at radius 1 is 1.26 bits per heavy atom. The second-order valence-electron chi connectivity index (χ2n) is 10.3. The first-order chi connectivity index (χ1) is 18.4. The fourth-order valence-electron chi connectivity index (χ4n) is 5.44. The highest BCUT2D eigenvalue weighted by atomic mass is 19.4. The zero-order valence-electron chi connectivity index (χ0n) is 21.1. The Bertz CT molecular complexity index is 1360. The lowest BCUT2D eigenvalue weighted by Gasteiger charge is -2.32. The van der Waals surface area contributed by atoms with E-state index in [0.29, 0.717) is 28.9 Å². The molecule has 2 N–H and O–H groups in total. The average Bonchev–Trinajstić information content (AvgIpc) is 3.60. The Labute approximate surface area is 220 Å². The van der Waals surface area contributed by atoms with E-state index >= 15 is 0 Å². The lowest BCUT2D eigenvalue weighted by molar-refractivity contribution is -0.154. The molecule has 1 saturated carbocycles. The molecule has 1 aliphatic carbocycles. The van der Waals surface area contributed by atoms with Crippen molar-refractivity contribution in [3.63, 3.8) is 0 Å². The highest BCUT2D eigenvalue weighted by Crippen LogP contribution is 2.42. The van der Waals surface area contributed by atoms with Crippen LogP contribution in [0.15, 0.2) is 34.9 Å². The van der Waals surface area contributed by atoms with Crippen molar-refractivity contribution in [1.82, 2.24) is 25.4 Å². The van der Waals surface area contributed by atoms with Gasteiger partial charge in [0.2, 0.25) is 17.7 Å². The number of alkyl halides is 5. The molecule has 2 aliphatic rings. The van der Waals surface area contributed by atoms with Gasteiger partial charge in [-0.1, -0.05) is 6.07 Å². The molecule has 8 nitrogen and oxygen atoms in total. The SMILES string of the molecule is CCn1nccc1C(=O)NC(c1nc2cc(CC3CC(C(F)(F)F)NC3=O)ccc2o1)C1CCC(F)(F)CC1. The highest BCUT2D eigenvalue weighted by Gasteiger charge is 2.47. The quantitative estimate of drug-likeness (QED) is 0.403. The van der Waals surface area contributed by atoms with Crippen LogP contribution in [0, 0.1) is 11.8 Å². The van der Waals surface area contributed by atoms with Crippen molar-refractivity contribution in [2.75, 3.05) is 0 Å². The third kappa shape index (κ3) is 5.76. The lowest BCUT2D eigenvalue weighted by atomic mass is 9.82.